The maximum absolute atomic E-state index is 12.4. The van der Waals surface area contributed by atoms with Gasteiger partial charge in [-0.05, 0) is 93.9 Å². The van der Waals surface area contributed by atoms with E-state index in [1.54, 1.807) is 27.7 Å². The highest BCUT2D eigenvalue weighted by molar-refractivity contribution is 5.95. The summed E-state index contributed by atoms with van der Waals surface area (Å²) in [4.78, 5) is 128. The number of nitrogens with one attached hydrogen (secondary N) is 7. The summed E-state index contributed by atoms with van der Waals surface area (Å²) in [7, 11) is 0. The van der Waals surface area contributed by atoms with Crippen molar-refractivity contribution in [2.45, 2.75) is 294 Å². The number of hydrogen-bond donors (Lipinski definition) is 10. The number of amides is 8. The first-order valence-electron chi connectivity index (χ1n) is 26.3. The molecule has 10 unspecified atom stereocenters. The number of carbonyl (C=O) groups excluding carboxylic acids is 11. The molecule has 540 valence electrons. The Morgan fingerprint density at radius 1 is 0.517 bits per heavy atom. The van der Waals surface area contributed by atoms with Crippen LogP contribution in [0.4, 0.5) is 0 Å². The number of aliphatic hydroxyl groups excluding tert-OH is 3. The van der Waals surface area contributed by atoms with Crippen molar-refractivity contribution in [1.29, 1.82) is 0 Å². The van der Waals surface area contributed by atoms with Crippen LogP contribution in [0.3, 0.4) is 0 Å². The fourth-order valence-corrected chi connectivity index (χ4v) is 7.34. The van der Waals surface area contributed by atoms with E-state index in [0.29, 0.717) is 38.5 Å². The molecule has 25 nitrogen and oxygen atoms in total. The van der Waals surface area contributed by atoms with Gasteiger partial charge < -0.3 is 66.2 Å². The summed E-state index contributed by atoms with van der Waals surface area (Å²) in [5.41, 5.74) is -0.900. The maximum Gasteiger partial charge on any atom is 0.311 e. The van der Waals surface area contributed by atoms with Gasteiger partial charge in [0, 0.05) is 62.6 Å². The highest BCUT2D eigenvalue weighted by Gasteiger charge is 2.45. The molecule has 25 heteroatoms. The van der Waals surface area contributed by atoms with Gasteiger partial charge in [0.05, 0.1) is 24.4 Å². The number of rotatable bonds is 28. The zero-order valence-electron chi connectivity index (χ0n) is 48.2. The van der Waals surface area contributed by atoms with Gasteiger partial charge in [0.15, 0.2) is 12.9 Å². The summed E-state index contributed by atoms with van der Waals surface area (Å²) in [5, 5.41) is 47.9. The Morgan fingerprint density at radius 3 is 1.31 bits per heavy atom. The monoisotopic (exact) mass is 1300 g/mol. The van der Waals surface area contributed by atoms with Gasteiger partial charge in [0.25, 0.3) is 5.91 Å². The molecule has 0 bridgehead atoms. The third-order valence-corrected chi connectivity index (χ3v) is 11.6. The van der Waals surface area contributed by atoms with Gasteiger partial charge in [0.2, 0.25) is 41.4 Å². The molecule has 0 aromatic heterocycles. The van der Waals surface area contributed by atoms with Gasteiger partial charge in [-0.1, -0.05) is 124 Å². The van der Waals surface area contributed by atoms with E-state index < -0.39 is 78.3 Å². The lowest BCUT2D eigenvalue weighted by atomic mass is 9.81. The van der Waals surface area contributed by atoms with Gasteiger partial charge >= 0.3 is 17.9 Å². The molecule has 8 amide bonds. The first kappa shape index (κ1) is 117. The van der Waals surface area contributed by atoms with Crippen LogP contribution in [0, 0.1) is 35.0 Å². The maximum atomic E-state index is 12.4. The fourth-order valence-electron chi connectivity index (χ4n) is 7.34. The van der Waals surface area contributed by atoms with Crippen molar-refractivity contribution < 1.29 is 87.0 Å². The highest BCUT2D eigenvalue weighted by Crippen LogP contribution is 2.29. The summed E-state index contributed by atoms with van der Waals surface area (Å²) in [6, 6.07) is -1.09. The van der Waals surface area contributed by atoms with E-state index >= 15 is 0 Å². The van der Waals surface area contributed by atoms with E-state index in [2.05, 4.69) is 37.2 Å². The second-order valence-electron chi connectivity index (χ2n) is 20.7. The molecule has 1 rings (SSSR count). The Morgan fingerprint density at radius 2 is 0.933 bits per heavy atom. The number of imide groups is 1. The van der Waals surface area contributed by atoms with Crippen LogP contribution in [-0.4, -0.2) is 156 Å². The van der Waals surface area contributed by atoms with Crippen molar-refractivity contribution >= 4 is 65.2 Å². The van der Waals surface area contributed by atoms with Crippen molar-refractivity contribution in [2.24, 2.45) is 35.0 Å². The molecule has 1 saturated heterocycles. The Bertz CT molecular complexity index is 1920. The molecule has 1 fully saturated rings. The minimum atomic E-state index is -1.57. The third-order valence-electron chi connectivity index (χ3n) is 11.6. The molecule has 0 spiro atoms. The van der Waals surface area contributed by atoms with Crippen molar-refractivity contribution in [3.05, 3.63) is 0 Å². The van der Waals surface area contributed by atoms with Crippen LogP contribution in [0.25, 0.3) is 0 Å². The van der Waals surface area contributed by atoms with E-state index in [0.717, 1.165) is 0 Å². The van der Waals surface area contributed by atoms with Gasteiger partial charge in [-0.25, -0.2) is 0 Å². The van der Waals surface area contributed by atoms with E-state index in [1.807, 2.05) is 62.3 Å². The molecule has 1 heterocycles. The van der Waals surface area contributed by atoms with Crippen molar-refractivity contribution in [3.63, 3.8) is 0 Å². The van der Waals surface area contributed by atoms with Crippen LogP contribution in [0.5, 0.6) is 0 Å². The van der Waals surface area contributed by atoms with Crippen LogP contribution in [0.1, 0.15) is 245 Å². The molecule has 1 aliphatic heterocycles. The standard InChI is InChI=1S/C20H35N3O7.C19H34N2O8.C13H24N2O3.12CH4/c1-7-15(18(27)23-13(2)3)10-20(5,6)19(28)29-9-8-17(26)30-11-16(25)22-12-21-14(4)24;1-6-12(17(25)20-9(2)3)7-10(4)18(26)28-8-13-15(23)16(24)14(19(27)29-13)21-11(5)22;1-6-11(13(18)14-8(2)3)7-9(4)12(17)15-10(5)16;;;;;;;;;;;;/h13,15H,7-12H2,1-6H3,(H,21,24)(H,22,25)(H,23,27);9-10,12-16,19,23-24,27H,6-8H2,1-5H3,(H,20,25)(H,21,22);8-9,11H,6-7H2,1-5H3,(H,14,18)(H,15,16,17);12*1H4. The summed E-state index contributed by atoms with van der Waals surface area (Å²) >= 11 is 0. The third kappa shape index (κ3) is 51.6. The highest BCUT2D eigenvalue weighted by atomic mass is 16.6. The predicted molar refractivity (Wildman–Crippen MR) is 362 cm³/mol. The second-order valence-corrected chi connectivity index (χ2v) is 20.7. The number of hydrogen-bond acceptors (Lipinski definition) is 18. The van der Waals surface area contributed by atoms with Crippen molar-refractivity contribution in [1.82, 2.24) is 37.2 Å². The molecule has 89 heavy (non-hydrogen) atoms. The molecule has 0 aliphatic carbocycles. The Hall–Kier alpha value is -5.79. The normalized spacial score (nSPS) is 16.3. The average Bonchev–Trinajstić information content (AvgIpc) is 3.31. The second kappa shape index (κ2) is 61.1. The fraction of sp³-hybridized carbons (Fsp3) is 0.828. The van der Waals surface area contributed by atoms with Gasteiger partial charge in [-0.3, -0.25) is 58.1 Å². The first-order valence-corrected chi connectivity index (χ1v) is 26.3. The predicted octanol–water partition coefficient (Wildman–Crippen LogP) is 8.55. The van der Waals surface area contributed by atoms with E-state index in [1.165, 1.54) is 20.8 Å². The molecular weight excluding hydrogens is 1150 g/mol. The number of esters is 3. The minimum Gasteiger partial charge on any atom is -0.465 e. The SMILES string of the molecule is C.C.C.C.C.C.C.C.C.C.C.C.CCC(CC(C)(C)C(=O)OCCC(=O)OCC(=O)NCNC(C)=O)C(=O)NC(C)C.CCC(CC(C)C(=O)NC(C)=O)C(=O)NC(C)C.CCC(CC(C)C(=O)OCC1OC(O)C(NC(C)=O)C(O)C1O)C(=O)NC(C)C. The van der Waals surface area contributed by atoms with Crippen LogP contribution >= 0.6 is 0 Å². The Labute approximate surface area is 542 Å². The lowest BCUT2D eigenvalue weighted by molar-refractivity contribution is -0.256. The van der Waals surface area contributed by atoms with E-state index in [4.69, 9.17) is 18.9 Å². The molecule has 0 aromatic carbocycles. The van der Waals surface area contributed by atoms with Crippen molar-refractivity contribution in [2.75, 3.05) is 26.5 Å². The Balaban J connectivity index is -0.0000000759. The zero-order valence-corrected chi connectivity index (χ0v) is 48.2. The molecular formula is C64H141N7O18. The van der Waals surface area contributed by atoms with Crippen LogP contribution in [0.15, 0.2) is 0 Å². The van der Waals surface area contributed by atoms with Crippen LogP contribution in [-0.2, 0) is 71.7 Å². The van der Waals surface area contributed by atoms with E-state index in [-0.39, 0.29) is 193 Å². The van der Waals surface area contributed by atoms with Crippen LogP contribution in [0.2, 0.25) is 0 Å². The number of carbonyl (C=O) groups is 11. The summed E-state index contributed by atoms with van der Waals surface area (Å²) in [6.07, 6.45) is -2.98. The smallest absolute Gasteiger partial charge is 0.311 e. The number of ether oxygens (including phenoxy) is 4. The van der Waals surface area contributed by atoms with Gasteiger partial charge in [0.1, 0.15) is 37.6 Å². The van der Waals surface area contributed by atoms with Gasteiger partial charge in [-0.2, -0.15) is 0 Å². The molecule has 10 N–H and O–H groups in total. The zero-order chi connectivity index (χ0) is 59.9. The minimum absolute atomic E-state index is 0. The molecule has 0 aromatic rings. The first-order chi connectivity index (χ1) is 35.6. The summed E-state index contributed by atoms with van der Waals surface area (Å²) < 4.78 is 20.3. The average molecular weight is 1300 g/mol. The molecule has 0 saturated carbocycles. The van der Waals surface area contributed by atoms with Crippen LogP contribution < -0.4 is 37.2 Å². The molecule has 10 atom stereocenters. The lowest BCUT2D eigenvalue weighted by Gasteiger charge is -2.40. The topological polar surface area (TPSA) is 370 Å². The Kier molecular flexibility index (Phi) is 80.6. The lowest BCUT2D eigenvalue weighted by Crippen LogP contribution is -2.64. The largest absolute Gasteiger partial charge is 0.465 e. The van der Waals surface area contributed by atoms with Crippen molar-refractivity contribution in [3.8, 4) is 0 Å². The molecule has 0 radical (unpaired) electrons. The summed E-state index contributed by atoms with van der Waals surface area (Å²) in [5.74, 6) is -5.89. The van der Waals surface area contributed by atoms with Gasteiger partial charge in [-0.15, -0.1) is 0 Å². The van der Waals surface area contributed by atoms with E-state index in [9.17, 15) is 68.1 Å². The molecule has 1 aliphatic rings. The number of aliphatic hydroxyl groups is 3. The quantitative estimate of drug-likeness (QED) is 0.0199. The summed E-state index contributed by atoms with van der Waals surface area (Å²) in [6.45, 7) is 26.3.